The summed E-state index contributed by atoms with van der Waals surface area (Å²) in [4.78, 5) is 25.0. The SMILES string of the molecule is Cc1ccc(/C=N\NC(=O)C(=O)Nc2sc3c(c2C#N)CCCC3)o1. The van der Waals surface area contributed by atoms with Gasteiger partial charge in [0.15, 0.2) is 0 Å². The number of nitrogens with zero attached hydrogens (tertiary/aromatic N) is 2. The van der Waals surface area contributed by atoms with Crippen LogP contribution in [0.15, 0.2) is 21.7 Å². The predicted octanol–water partition coefficient (Wildman–Crippen LogP) is 2.49. The van der Waals surface area contributed by atoms with E-state index in [1.54, 1.807) is 19.1 Å². The van der Waals surface area contributed by atoms with E-state index >= 15 is 0 Å². The molecular weight excluding hydrogens is 340 g/mol. The average molecular weight is 356 g/mol. The molecule has 0 aliphatic heterocycles. The van der Waals surface area contributed by atoms with E-state index in [0.29, 0.717) is 16.3 Å². The number of amides is 2. The Bertz CT molecular complexity index is 888. The molecule has 2 amide bonds. The summed E-state index contributed by atoms with van der Waals surface area (Å²) >= 11 is 1.37. The molecule has 2 aromatic heterocycles. The van der Waals surface area contributed by atoms with E-state index in [2.05, 4.69) is 21.9 Å². The van der Waals surface area contributed by atoms with Crippen LogP contribution in [0.2, 0.25) is 0 Å². The molecule has 0 radical (unpaired) electrons. The standard InChI is InChI=1S/C17H16N4O3S/c1-10-6-7-11(24-10)9-19-21-16(23)15(22)20-17-13(8-18)12-4-2-3-5-14(12)25-17/h6-7,9H,2-5H2,1H3,(H,20,22)(H,21,23)/b19-9-. The van der Waals surface area contributed by atoms with Crippen molar-refractivity contribution in [1.82, 2.24) is 5.43 Å². The Morgan fingerprint density at radius 1 is 1.32 bits per heavy atom. The van der Waals surface area contributed by atoms with Crippen molar-refractivity contribution in [1.29, 1.82) is 5.26 Å². The Labute approximate surface area is 148 Å². The van der Waals surface area contributed by atoms with Gasteiger partial charge in [-0.15, -0.1) is 11.3 Å². The van der Waals surface area contributed by atoms with Crippen LogP contribution in [0.25, 0.3) is 0 Å². The lowest BCUT2D eigenvalue weighted by Gasteiger charge is -2.09. The minimum absolute atomic E-state index is 0.431. The lowest BCUT2D eigenvalue weighted by Crippen LogP contribution is -2.32. The van der Waals surface area contributed by atoms with Gasteiger partial charge < -0.3 is 9.73 Å². The van der Waals surface area contributed by atoms with Gasteiger partial charge in [0.05, 0.1) is 11.8 Å². The summed E-state index contributed by atoms with van der Waals surface area (Å²) in [6, 6.07) is 5.59. The second-order valence-electron chi connectivity index (χ2n) is 5.63. The third kappa shape index (κ3) is 3.78. The van der Waals surface area contributed by atoms with Crippen molar-refractivity contribution < 1.29 is 14.0 Å². The Morgan fingerprint density at radius 3 is 2.84 bits per heavy atom. The summed E-state index contributed by atoms with van der Waals surface area (Å²) in [6.45, 7) is 1.79. The third-order valence-electron chi connectivity index (χ3n) is 3.84. The highest BCUT2D eigenvalue weighted by Gasteiger charge is 2.23. The zero-order valence-electron chi connectivity index (χ0n) is 13.6. The fraction of sp³-hybridized carbons (Fsp3) is 0.294. The van der Waals surface area contributed by atoms with E-state index in [0.717, 1.165) is 41.9 Å². The molecule has 25 heavy (non-hydrogen) atoms. The lowest BCUT2D eigenvalue weighted by atomic mass is 9.96. The molecule has 1 aliphatic rings. The van der Waals surface area contributed by atoms with Gasteiger partial charge in [0.25, 0.3) is 0 Å². The zero-order valence-corrected chi connectivity index (χ0v) is 14.4. The van der Waals surface area contributed by atoms with Crippen molar-refractivity contribution in [2.24, 2.45) is 5.10 Å². The number of hydrogen-bond acceptors (Lipinski definition) is 6. The smallest absolute Gasteiger partial charge is 0.329 e. The van der Waals surface area contributed by atoms with Crippen molar-refractivity contribution in [2.45, 2.75) is 32.6 Å². The summed E-state index contributed by atoms with van der Waals surface area (Å²) in [5, 5.41) is 16.0. The monoisotopic (exact) mass is 356 g/mol. The molecule has 128 valence electrons. The minimum Gasteiger partial charge on any atom is -0.460 e. The lowest BCUT2D eigenvalue weighted by molar-refractivity contribution is -0.136. The molecule has 0 saturated carbocycles. The van der Waals surface area contributed by atoms with Gasteiger partial charge in [-0.1, -0.05) is 0 Å². The van der Waals surface area contributed by atoms with Gasteiger partial charge in [0.2, 0.25) is 0 Å². The molecule has 0 unspecified atom stereocenters. The van der Waals surface area contributed by atoms with Crippen LogP contribution in [0.4, 0.5) is 5.00 Å². The van der Waals surface area contributed by atoms with Gasteiger partial charge in [-0.3, -0.25) is 9.59 Å². The normalized spacial score (nSPS) is 13.3. The molecule has 2 N–H and O–H groups in total. The van der Waals surface area contributed by atoms with Crippen LogP contribution in [0, 0.1) is 18.3 Å². The number of rotatable bonds is 3. The zero-order chi connectivity index (χ0) is 17.8. The van der Waals surface area contributed by atoms with Crippen LogP contribution >= 0.6 is 11.3 Å². The first-order valence-corrected chi connectivity index (χ1v) is 8.65. The van der Waals surface area contributed by atoms with Crippen LogP contribution in [-0.4, -0.2) is 18.0 Å². The topological polar surface area (TPSA) is 107 Å². The maximum atomic E-state index is 12.0. The first kappa shape index (κ1) is 16.9. The summed E-state index contributed by atoms with van der Waals surface area (Å²) in [7, 11) is 0. The maximum Gasteiger partial charge on any atom is 0.329 e. The van der Waals surface area contributed by atoms with E-state index in [1.165, 1.54) is 17.6 Å². The molecular formula is C17H16N4O3S. The number of nitrogens with one attached hydrogen (secondary N) is 2. The van der Waals surface area contributed by atoms with E-state index in [9.17, 15) is 14.9 Å². The van der Waals surface area contributed by atoms with Crippen LogP contribution in [-0.2, 0) is 22.4 Å². The number of hydrazone groups is 1. The summed E-state index contributed by atoms with van der Waals surface area (Å²) in [5.74, 6) is -0.579. The highest BCUT2D eigenvalue weighted by molar-refractivity contribution is 7.16. The van der Waals surface area contributed by atoms with Crippen molar-refractivity contribution in [3.8, 4) is 6.07 Å². The number of thiophene rings is 1. The van der Waals surface area contributed by atoms with Gasteiger partial charge >= 0.3 is 11.8 Å². The largest absolute Gasteiger partial charge is 0.460 e. The second-order valence-corrected chi connectivity index (χ2v) is 6.73. The number of furan rings is 1. The van der Waals surface area contributed by atoms with Crippen molar-refractivity contribution >= 4 is 34.4 Å². The Hall–Kier alpha value is -2.92. The van der Waals surface area contributed by atoms with Gasteiger partial charge in [0, 0.05) is 4.88 Å². The molecule has 8 heteroatoms. The van der Waals surface area contributed by atoms with E-state index < -0.39 is 11.8 Å². The fourth-order valence-corrected chi connectivity index (χ4v) is 3.89. The van der Waals surface area contributed by atoms with Crippen LogP contribution in [0.5, 0.6) is 0 Å². The number of carbonyl (C=O) groups is 2. The number of fused-ring (bicyclic) bond motifs is 1. The summed E-state index contributed by atoms with van der Waals surface area (Å²) in [6.07, 6.45) is 5.16. The first-order valence-electron chi connectivity index (χ1n) is 7.84. The molecule has 3 rings (SSSR count). The molecule has 0 spiro atoms. The number of anilines is 1. The number of nitriles is 1. The fourth-order valence-electron chi connectivity index (χ4n) is 2.66. The molecule has 2 heterocycles. The van der Waals surface area contributed by atoms with Gasteiger partial charge in [-0.25, -0.2) is 5.43 Å². The van der Waals surface area contributed by atoms with Crippen LogP contribution in [0.1, 0.15) is 40.4 Å². The summed E-state index contributed by atoms with van der Waals surface area (Å²) < 4.78 is 5.26. The second kappa shape index (κ2) is 7.32. The summed E-state index contributed by atoms with van der Waals surface area (Å²) in [5.41, 5.74) is 3.61. The highest BCUT2D eigenvalue weighted by atomic mass is 32.1. The molecule has 0 atom stereocenters. The van der Waals surface area contributed by atoms with E-state index in [-0.39, 0.29) is 0 Å². The average Bonchev–Trinajstić information content (AvgIpc) is 3.17. The van der Waals surface area contributed by atoms with Crippen molar-refractivity contribution in [2.75, 3.05) is 5.32 Å². The molecule has 0 saturated heterocycles. The Balaban J connectivity index is 1.64. The molecule has 1 aliphatic carbocycles. The Kier molecular flexibility index (Phi) is 4.95. The predicted molar refractivity (Wildman–Crippen MR) is 93.5 cm³/mol. The quantitative estimate of drug-likeness (QED) is 0.500. The third-order valence-corrected chi connectivity index (χ3v) is 5.04. The van der Waals surface area contributed by atoms with Crippen molar-refractivity contribution in [3.05, 3.63) is 39.7 Å². The molecule has 7 nitrogen and oxygen atoms in total. The Morgan fingerprint density at radius 2 is 2.12 bits per heavy atom. The van der Waals surface area contributed by atoms with Gasteiger partial charge in [0.1, 0.15) is 22.6 Å². The van der Waals surface area contributed by atoms with Gasteiger partial charge in [-0.05, 0) is 50.3 Å². The molecule has 0 fully saturated rings. The highest BCUT2D eigenvalue weighted by Crippen LogP contribution is 2.37. The molecule has 0 aromatic carbocycles. The van der Waals surface area contributed by atoms with E-state index in [1.807, 2.05) is 0 Å². The van der Waals surface area contributed by atoms with E-state index in [4.69, 9.17) is 4.42 Å². The van der Waals surface area contributed by atoms with Gasteiger partial charge in [-0.2, -0.15) is 10.4 Å². The minimum atomic E-state index is -0.908. The molecule has 2 aromatic rings. The first-order chi connectivity index (χ1) is 12.1. The number of carbonyl (C=O) groups excluding carboxylic acids is 2. The van der Waals surface area contributed by atoms with Crippen molar-refractivity contribution in [3.63, 3.8) is 0 Å². The van der Waals surface area contributed by atoms with Crippen LogP contribution in [0.3, 0.4) is 0 Å². The van der Waals surface area contributed by atoms with Crippen LogP contribution < -0.4 is 10.7 Å². The molecule has 0 bridgehead atoms. The number of hydrogen-bond donors (Lipinski definition) is 2. The maximum absolute atomic E-state index is 12.0. The number of aryl methyl sites for hydroxylation is 2.